The zero-order valence-corrected chi connectivity index (χ0v) is 16.0. The molecular weight excluding hydrogens is 363 g/mol. The van der Waals surface area contributed by atoms with E-state index in [4.69, 9.17) is 4.74 Å². The van der Waals surface area contributed by atoms with Crippen LogP contribution in [0.25, 0.3) is 5.69 Å². The molecule has 1 atom stereocenters. The van der Waals surface area contributed by atoms with Crippen molar-refractivity contribution in [2.75, 3.05) is 19.6 Å². The van der Waals surface area contributed by atoms with Gasteiger partial charge in [0.1, 0.15) is 11.4 Å². The molecule has 2 aliphatic rings. The van der Waals surface area contributed by atoms with E-state index in [1.807, 2.05) is 18.7 Å². The minimum absolute atomic E-state index is 0.0716. The van der Waals surface area contributed by atoms with Crippen LogP contribution in [0.3, 0.4) is 0 Å². The van der Waals surface area contributed by atoms with Gasteiger partial charge in [-0.05, 0) is 51.0 Å². The molecule has 2 saturated heterocycles. The highest BCUT2D eigenvalue weighted by molar-refractivity contribution is 5.96. The highest BCUT2D eigenvalue weighted by atomic mass is 19.1. The molecule has 1 N–H and O–H groups in total. The van der Waals surface area contributed by atoms with Gasteiger partial charge in [0.05, 0.1) is 29.2 Å². The zero-order chi connectivity index (χ0) is 19.9. The van der Waals surface area contributed by atoms with Crippen LogP contribution in [0.5, 0.6) is 0 Å². The molecule has 2 aromatic rings. The van der Waals surface area contributed by atoms with E-state index in [-0.39, 0.29) is 17.8 Å². The summed E-state index contributed by atoms with van der Waals surface area (Å²) in [6.45, 7) is 5.28. The van der Waals surface area contributed by atoms with Crippen LogP contribution in [0.4, 0.5) is 9.18 Å². The van der Waals surface area contributed by atoms with E-state index in [0.29, 0.717) is 43.0 Å². The molecule has 0 radical (unpaired) electrons. The number of alkyl carbamates (subject to hydrolysis) is 1. The number of benzene rings is 1. The molecule has 2 aliphatic heterocycles. The SMILES string of the molecule is Cc1nn(-c2ccc(F)cc2)c(C)c1C(=O)N1CCC[C@]2(CC1)CNC(=O)O2. The Labute approximate surface area is 162 Å². The first-order valence-corrected chi connectivity index (χ1v) is 9.47. The van der Waals surface area contributed by atoms with Crippen LogP contribution in [0.1, 0.15) is 41.0 Å². The summed E-state index contributed by atoms with van der Waals surface area (Å²) < 4.78 is 20.4. The van der Waals surface area contributed by atoms with Gasteiger partial charge in [-0.1, -0.05) is 0 Å². The lowest BCUT2D eigenvalue weighted by atomic mass is 9.95. The molecule has 2 amide bonds. The second-order valence-electron chi connectivity index (χ2n) is 7.51. The Morgan fingerprint density at radius 2 is 1.96 bits per heavy atom. The average Bonchev–Trinajstić information content (AvgIpc) is 3.08. The van der Waals surface area contributed by atoms with Crippen molar-refractivity contribution in [3.63, 3.8) is 0 Å². The third kappa shape index (κ3) is 3.23. The first kappa shape index (κ1) is 18.5. The minimum atomic E-state index is -0.505. The van der Waals surface area contributed by atoms with Crippen LogP contribution < -0.4 is 5.32 Å². The Balaban J connectivity index is 1.56. The number of likely N-dealkylation sites (tertiary alicyclic amines) is 1. The smallest absolute Gasteiger partial charge is 0.407 e. The molecule has 28 heavy (non-hydrogen) atoms. The molecule has 1 aromatic carbocycles. The van der Waals surface area contributed by atoms with Crippen LogP contribution in [0, 0.1) is 19.7 Å². The lowest BCUT2D eigenvalue weighted by Gasteiger charge is -2.25. The second kappa shape index (κ2) is 6.92. The predicted octanol–water partition coefficient (Wildman–Crippen LogP) is 2.73. The van der Waals surface area contributed by atoms with Gasteiger partial charge < -0.3 is 15.0 Å². The zero-order valence-electron chi connectivity index (χ0n) is 16.0. The van der Waals surface area contributed by atoms with Crippen molar-refractivity contribution in [3.05, 3.63) is 47.0 Å². The normalized spacial score (nSPS) is 22.1. The highest BCUT2D eigenvalue weighted by Gasteiger charge is 2.42. The summed E-state index contributed by atoms with van der Waals surface area (Å²) in [7, 11) is 0. The number of halogens is 1. The Bertz CT molecular complexity index is 924. The van der Waals surface area contributed by atoms with Crippen LogP contribution in [0.2, 0.25) is 0 Å². The van der Waals surface area contributed by atoms with Gasteiger partial charge in [0, 0.05) is 19.5 Å². The number of rotatable bonds is 2. The summed E-state index contributed by atoms with van der Waals surface area (Å²) in [5.74, 6) is -0.389. The maximum atomic E-state index is 13.2. The molecule has 0 saturated carbocycles. The van der Waals surface area contributed by atoms with Gasteiger partial charge in [-0.2, -0.15) is 5.10 Å². The summed E-state index contributed by atoms with van der Waals surface area (Å²) in [6, 6.07) is 6.03. The van der Waals surface area contributed by atoms with Crippen LogP contribution in [-0.4, -0.2) is 51.9 Å². The number of ether oxygens (including phenoxy) is 1. The number of carbonyl (C=O) groups excluding carboxylic acids is 2. The Hall–Kier alpha value is -2.90. The number of aryl methyl sites for hydroxylation is 1. The van der Waals surface area contributed by atoms with Crippen molar-refractivity contribution < 1.29 is 18.7 Å². The standard InChI is InChI=1S/C20H23FN4O3/c1-13-17(14(2)25(23-13)16-6-4-15(21)5-7-16)18(26)24-10-3-8-20(9-11-24)12-22-19(27)28-20/h4-7H,3,8-12H2,1-2H3,(H,22,27)/t20-/m0/s1. The summed E-state index contributed by atoms with van der Waals surface area (Å²) in [5, 5.41) is 7.22. The summed E-state index contributed by atoms with van der Waals surface area (Å²) in [4.78, 5) is 26.5. The van der Waals surface area contributed by atoms with Crippen LogP contribution in [0.15, 0.2) is 24.3 Å². The molecule has 0 unspecified atom stereocenters. The van der Waals surface area contributed by atoms with E-state index in [1.54, 1.807) is 16.8 Å². The third-order valence-corrected chi connectivity index (χ3v) is 5.63. The van der Waals surface area contributed by atoms with Crippen LogP contribution in [-0.2, 0) is 4.74 Å². The lowest BCUT2D eigenvalue weighted by molar-refractivity contribution is 0.0438. The number of amides is 2. The molecule has 148 valence electrons. The monoisotopic (exact) mass is 386 g/mol. The lowest BCUT2D eigenvalue weighted by Crippen LogP contribution is -2.37. The second-order valence-corrected chi connectivity index (χ2v) is 7.51. The molecule has 0 aliphatic carbocycles. The van der Waals surface area contributed by atoms with Gasteiger partial charge in [-0.3, -0.25) is 4.79 Å². The Morgan fingerprint density at radius 3 is 2.64 bits per heavy atom. The van der Waals surface area contributed by atoms with Gasteiger partial charge >= 0.3 is 6.09 Å². The molecular formula is C20H23FN4O3. The summed E-state index contributed by atoms with van der Waals surface area (Å²) in [5.41, 5.74) is 2.14. The Morgan fingerprint density at radius 1 is 1.21 bits per heavy atom. The molecule has 7 nitrogen and oxygen atoms in total. The number of hydrogen-bond acceptors (Lipinski definition) is 4. The Kier molecular flexibility index (Phi) is 4.56. The van der Waals surface area contributed by atoms with Crippen molar-refractivity contribution >= 4 is 12.0 Å². The first-order valence-electron chi connectivity index (χ1n) is 9.47. The van der Waals surface area contributed by atoms with E-state index >= 15 is 0 Å². The van der Waals surface area contributed by atoms with E-state index in [1.165, 1.54) is 12.1 Å². The molecule has 1 spiro atoms. The molecule has 3 heterocycles. The fourth-order valence-electron chi connectivity index (χ4n) is 4.10. The number of nitrogens with zero attached hydrogens (tertiary/aromatic N) is 3. The number of hydrogen-bond donors (Lipinski definition) is 1. The van der Waals surface area contributed by atoms with Crippen molar-refractivity contribution in [2.24, 2.45) is 0 Å². The topological polar surface area (TPSA) is 76.5 Å². The quantitative estimate of drug-likeness (QED) is 0.861. The maximum Gasteiger partial charge on any atom is 0.407 e. The van der Waals surface area contributed by atoms with Gasteiger partial charge in [0.15, 0.2) is 0 Å². The van der Waals surface area contributed by atoms with Gasteiger partial charge in [-0.15, -0.1) is 0 Å². The largest absolute Gasteiger partial charge is 0.441 e. The van der Waals surface area contributed by atoms with E-state index in [9.17, 15) is 14.0 Å². The van der Waals surface area contributed by atoms with E-state index < -0.39 is 5.60 Å². The molecule has 4 rings (SSSR count). The summed E-state index contributed by atoms with van der Waals surface area (Å²) >= 11 is 0. The third-order valence-electron chi connectivity index (χ3n) is 5.63. The molecule has 1 aromatic heterocycles. The highest BCUT2D eigenvalue weighted by Crippen LogP contribution is 2.30. The fourth-order valence-corrected chi connectivity index (χ4v) is 4.10. The van der Waals surface area contributed by atoms with Crippen LogP contribution >= 0.6 is 0 Å². The summed E-state index contributed by atoms with van der Waals surface area (Å²) in [6.07, 6.45) is 1.74. The predicted molar refractivity (Wildman–Crippen MR) is 100.0 cm³/mol. The van der Waals surface area contributed by atoms with Crippen molar-refractivity contribution in [1.29, 1.82) is 0 Å². The molecule has 2 fully saturated rings. The van der Waals surface area contributed by atoms with E-state index in [2.05, 4.69) is 10.4 Å². The number of carbonyl (C=O) groups is 2. The van der Waals surface area contributed by atoms with E-state index in [0.717, 1.165) is 18.5 Å². The van der Waals surface area contributed by atoms with Gasteiger partial charge in [0.25, 0.3) is 5.91 Å². The first-order chi connectivity index (χ1) is 13.4. The number of aromatic nitrogens is 2. The van der Waals surface area contributed by atoms with Crippen molar-refractivity contribution in [3.8, 4) is 5.69 Å². The number of nitrogens with one attached hydrogen (secondary N) is 1. The van der Waals surface area contributed by atoms with Gasteiger partial charge in [0.2, 0.25) is 0 Å². The maximum absolute atomic E-state index is 13.2. The minimum Gasteiger partial charge on any atom is -0.441 e. The van der Waals surface area contributed by atoms with Gasteiger partial charge in [-0.25, -0.2) is 13.9 Å². The van der Waals surface area contributed by atoms with Crippen molar-refractivity contribution in [1.82, 2.24) is 20.0 Å². The molecule has 0 bridgehead atoms. The van der Waals surface area contributed by atoms with Crippen molar-refractivity contribution in [2.45, 2.75) is 38.7 Å². The average molecular weight is 386 g/mol. The molecule has 8 heteroatoms. The fraction of sp³-hybridized carbons (Fsp3) is 0.450.